The molecular weight excluding hydrogens is 605 g/mol. The fraction of sp³-hybridized carbons (Fsp3) is 0.273. The van der Waals surface area contributed by atoms with Gasteiger partial charge in [0.1, 0.15) is 12.6 Å². The van der Waals surface area contributed by atoms with Crippen molar-refractivity contribution >= 4 is 61.5 Å². The number of anilines is 1. The fourth-order valence-corrected chi connectivity index (χ4v) is 6.18. The van der Waals surface area contributed by atoms with Gasteiger partial charge in [-0.15, -0.1) is 0 Å². The molecule has 4 rings (SSSR count). The Labute approximate surface area is 263 Å². The van der Waals surface area contributed by atoms with Crippen LogP contribution in [0, 0.1) is 0 Å². The van der Waals surface area contributed by atoms with Crippen LogP contribution in [0.5, 0.6) is 0 Å². The van der Waals surface area contributed by atoms with Gasteiger partial charge in [-0.25, -0.2) is 8.42 Å². The zero-order chi connectivity index (χ0) is 31.1. The Kier molecular flexibility index (Phi) is 10.7. The molecule has 0 saturated carbocycles. The van der Waals surface area contributed by atoms with E-state index in [2.05, 4.69) is 5.32 Å². The van der Waals surface area contributed by atoms with Gasteiger partial charge in [0.2, 0.25) is 21.8 Å². The second-order valence-corrected chi connectivity index (χ2v) is 13.3. The van der Waals surface area contributed by atoms with Gasteiger partial charge in [-0.1, -0.05) is 103 Å². The van der Waals surface area contributed by atoms with Crippen LogP contribution in [0.2, 0.25) is 10.0 Å². The van der Waals surface area contributed by atoms with Gasteiger partial charge in [-0.3, -0.25) is 13.9 Å². The molecule has 0 aliphatic carbocycles. The van der Waals surface area contributed by atoms with Crippen molar-refractivity contribution in [3.8, 4) is 0 Å². The molecular formula is C33H35Cl2N3O4S. The van der Waals surface area contributed by atoms with E-state index in [0.717, 1.165) is 21.5 Å². The van der Waals surface area contributed by atoms with E-state index in [1.165, 1.54) is 4.90 Å². The molecule has 43 heavy (non-hydrogen) atoms. The van der Waals surface area contributed by atoms with Gasteiger partial charge in [0.25, 0.3) is 0 Å². The smallest absolute Gasteiger partial charge is 0.244 e. The van der Waals surface area contributed by atoms with Crippen molar-refractivity contribution in [1.29, 1.82) is 0 Å². The van der Waals surface area contributed by atoms with E-state index >= 15 is 0 Å². The molecule has 0 saturated heterocycles. The van der Waals surface area contributed by atoms with Crippen LogP contribution in [0.3, 0.4) is 0 Å². The van der Waals surface area contributed by atoms with Gasteiger partial charge in [-0.2, -0.15) is 0 Å². The van der Waals surface area contributed by atoms with E-state index in [1.807, 2.05) is 74.5 Å². The zero-order valence-corrected chi connectivity index (χ0v) is 26.7. The summed E-state index contributed by atoms with van der Waals surface area (Å²) in [7, 11) is -3.91. The molecule has 2 amide bonds. The number of nitrogens with one attached hydrogen (secondary N) is 1. The number of nitrogens with zero attached hydrogens (tertiary/aromatic N) is 2. The first-order chi connectivity index (χ1) is 20.5. The Hall–Kier alpha value is -3.59. The van der Waals surface area contributed by atoms with Crippen molar-refractivity contribution in [1.82, 2.24) is 10.2 Å². The molecule has 0 heterocycles. The molecule has 0 aromatic heterocycles. The average Bonchev–Trinajstić information content (AvgIpc) is 2.98. The molecule has 1 N–H and O–H groups in total. The van der Waals surface area contributed by atoms with Crippen LogP contribution in [-0.2, 0) is 32.6 Å². The van der Waals surface area contributed by atoms with Crippen LogP contribution in [0.15, 0.2) is 91.0 Å². The van der Waals surface area contributed by atoms with Crippen LogP contribution in [0.25, 0.3) is 10.8 Å². The number of rotatable bonds is 12. The van der Waals surface area contributed by atoms with E-state index in [-0.39, 0.29) is 24.9 Å². The number of hydrogen-bond acceptors (Lipinski definition) is 4. The summed E-state index contributed by atoms with van der Waals surface area (Å²) in [4.78, 5) is 29.6. The predicted octanol–water partition coefficient (Wildman–Crippen LogP) is 6.47. The monoisotopic (exact) mass is 639 g/mol. The molecule has 2 atom stereocenters. The summed E-state index contributed by atoms with van der Waals surface area (Å²) in [6.07, 6.45) is 1.98. The first-order valence-electron chi connectivity index (χ1n) is 14.0. The number of sulfonamides is 1. The third-order valence-electron chi connectivity index (χ3n) is 7.34. The number of halogens is 2. The van der Waals surface area contributed by atoms with Crippen LogP contribution in [0.4, 0.5) is 5.69 Å². The van der Waals surface area contributed by atoms with Crippen molar-refractivity contribution in [3.63, 3.8) is 0 Å². The molecule has 4 aromatic carbocycles. The summed E-state index contributed by atoms with van der Waals surface area (Å²) in [5.41, 5.74) is 1.80. The molecule has 0 aliphatic heterocycles. The van der Waals surface area contributed by atoms with Gasteiger partial charge in [0.05, 0.1) is 11.9 Å². The summed E-state index contributed by atoms with van der Waals surface area (Å²) >= 11 is 12.7. The Morgan fingerprint density at radius 3 is 2.26 bits per heavy atom. The van der Waals surface area contributed by atoms with Crippen LogP contribution in [-0.4, -0.2) is 50.0 Å². The maximum Gasteiger partial charge on any atom is 0.244 e. The molecule has 0 unspecified atom stereocenters. The van der Waals surface area contributed by atoms with Gasteiger partial charge in [0.15, 0.2) is 0 Å². The average molecular weight is 641 g/mol. The minimum absolute atomic E-state index is 0.0343. The maximum absolute atomic E-state index is 14.4. The second-order valence-electron chi connectivity index (χ2n) is 10.5. The number of hydrogen-bond donors (Lipinski definition) is 1. The van der Waals surface area contributed by atoms with Crippen LogP contribution >= 0.6 is 23.2 Å². The largest absolute Gasteiger partial charge is 0.352 e. The van der Waals surface area contributed by atoms with Crippen molar-refractivity contribution in [2.75, 3.05) is 17.1 Å². The standard InChI is InChI=1S/C33H35Cl2N3O4S/c1-4-23(2)36-33(40)31(19-24-11-6-5-7-12-24)37(21-26-17-18-27(34)20-29(26)35)32(39)22-38(43(3,41)42)30-16-10-14-25-13-8-9-15-28(25)30/h5-18,20,23,31H,4,19,21-22H2,1-3H3,(H,36,40)/t23-,31-/m1/s1. The zero-order valence-electron chi connectivity index (χ0n) is 24.3. The predicted molar refractivity (Wildman–Crippen MR) is 175 cm³/mol. The van der Waals surface area contributed by atoms with Gasteiger partial charge in [-0.05, 0) is 48.1 Å². The Morgan fingerprint density at radius 2 is 1.58 bits per heavy atom. The number of fused-ring (bicyclic) bond motifs is 1. The Bertz CT molecular complexity index is 1690. The molecule has 7 nitrogen and oxygen atoms in total. The van der Waals surface area contributed by atoms with Crippen LogP contribution in [0.1, 0.15) is 31.4 Å². The van der Waals surface area contributed by atoms with E-state index in [9.17, 15) is 18.0 Å². The normalized spacial score (nSPS) is 12.9. The summed E-state index contributed by atoms with van der Waals surface area (Å²) in [5, 5.41) is 5.30. The Morgan fingerprint density at radius 1 is 0.907 bits per heavy atom. The molecule has 0 spiro atoms. The lowest BCUT2D eigenvalue weighted by atomic mass is 10.0. The molecule has 0 fully saturated rings. The number of carbonyl (C=O) groups is 2. The van der Waals surface area contributed by atoms with E-state index in [4.69, 9.17) is 23.2 Å². The van der Waals surface area contributed by atoms with Crippen LogP contribution < -0.4 is 9.62 Å². The van der Waals surface area contributed by atoms with E-state index in [1.54, 1.807) is 30.3 Å². The first kappa shape index (κ1) is 32.3. The summed E-state index contributed by atoms with van der Waals surface area (Å²) < 4.78 is 27.5. The molecule has 226 valence electrons. The van der Waals surface area contributed by atoms with E-state index < -0.39 is 28.5 Å². The van der Waals surface area contributed by atoms with Gasteiger partial charge in [0, 0.05) is 34.4 Å². The van der Waals surface area contributed by atoms with Gasteiger partial charge >= 0.3 is 0 Å². The quantitative estimate of drug-likeness (QED) is 0.193. The highest BCUT2D eigenvalue weighted by atomic mass is 35.5. The molecule has 10 heteroatoms. The summed E-state index contributed by atoms with van der Waals surface area (Å²) in [6.45, 7) is 3.31. The van der Waals surface area contributed by atoms with Gasteiger partial charge < -0.3 is 10.2 Å². The first-order valence-corrected chi connectivity index (χ1v) is 16.6. The molecule has 0 bridgehead atoms. The third kappa shape index (κ3) is 8.28. The SMILES string of the molecule is CC[C@@H](C)NC(=O)[C@@H](Cc1ccccc1)N(Cc1ccc(Cl)cc1Cl)C(=O)CN(c1cccc2ccccc12)S(C)(=O)=O. The number of benzene rings is 4. The van der Waals surface area contributed by atoms with Crippen molar-refractivity contribution < 1.29 is 18.0 Å². The Balaban J connectivity index is 1.81. The minimum atomic E-state index is -3.91. The lowest BCUT2D eigenvalue weighted by Gasteiger charge is -2.34. The summed E-state index contributed by atoms with van der Waals surface area (Å²) in [5.74, 6) is -0.891. The second kappa shape index (κ2) is 14.3. The number of amides is 2. The highest BCUT2D eigenvalue weighted by Gasteiger charge is 2.34. The van der Waals surface area contributed by atoms with Crippen molar-refractivity contribution in [3.05, 3.63) is 112 Å². The minimum Gasteiger partial charge on any atom is -0.352 e. The summed E-state index contributed by atoms with van der Waals surface area (Å²) in [6, 6.07) is 25.9. The highest BCUT2D eigenvalue weighted by Crippen LogP contribution is 2.29. The fourth-order valence-electron chi connectivity index (χ4n) is 4.85. The van der Waals surface area contributed by atoms with Crippen molar-refractivity contribution in [2.24, 2.45) is 0 Å². The molecule has 0 radical (unpaired) electrons. The number of carbonyl (C=O) groups excluding carboxylic acids is 2. The molecule has 0 aliphatic rings. The third-order valence-corrected chi connectivity index (χ3v) is 9.06. The lowest BCUT2D eigenvalue weighted by Crippen LogP contribution is -2.54. The lowest BCUT2D eigenvalue weighted by molar-refractivity contribution is -0.140. The molecule has 4 aromatic rings. The van der Waals surface area contributed by atoms with Crippen molar-refractivity contribution in [2.45, 2.75) is 45.3 Å². The highest BCUT2D eigenvalue weighted by molar-refractivity contribution is 7.92. The van der Waals surface area contributed by atoms with E-state index in [0.29, 0.717) is 33.1 Å². The topological polar surface area (TPSA) is 86.8 Å². The maximum atomic E-state index is 14.4.